The summed E-state index contributed by atoms with van der Waals surface area (Å²) < 4.78 is 43.3. The highest BCUT2D eigenvalue weighted by atomic mass is 19.4. The molecule has 3 heterocycles. The molecule has 0 atom stereocenters. The Morgan fingerprint density at radius 1 is 1.00 bits per heavy atom. The van der Waals surface area contributed by atoms with E-state index in [9.17, 15) is 27.9 Å². The first-order valence-corrected chi connectivity index (χ1v) is 12.3. The topological polar surface area (TPSA) is 106 Å². The number of nitrogens with zero attached hydrogens (tertiary/aromatic N) is 5. The van der Waals surface area contributed by atoms with Crippen LogP contribution in [0.1, 0.15) is 32.7 Å². The molecule has 12 heteroatoms. The number of hydrogen-bond donors (Lipinski definition) is 1. The van der Waals surface area contributed by atoms with Crippen molar-refractivity contribution in [3.05, 3.63) is 94.9 Å². The molecule has 0 spiro atoms. The third kappa shape index (κ3) is 6.05. The molecule has 0 bridgehead atoms. The predicted molar refractivity (Wildman–Crippen MR) is 137 cm³/mol. The van der Waals surface area contributed by atoms with Gasteiger partial charge in [0.05, 0.1) is 11.8 Å². The summed E-state index contributed by atoms with van der Waals surface area (Å²) in [4.78, 5) is 31.0. The van der Waals surface area contributed by atoms with Gasteiger partial charge in [-0.2, -0.15) is 18.3 Å². The van der Waals surface area contributed by atoms with Crippen molar-refractivity contribution in [2.75, 3.05) is 31.5 Å². The molecule has 1 fully saturated rings. The number of anilines is 1. The van der Waals surface area contributed by atoms with Gasteiger partial charge in [0.15, 0.2) is 5.65 Å². The van der Waals surface area contributed by atoms with Gasteiger partial charge in [-0.3, -0.25) is 9.69 Å². The largest absolute Gasteiger partial charge is 0.530 e. The van der Waals surface area contributed by atoms with Crippen molar-refractivity contribution in [3.63, 3.8) is 0 Å². The molecule has 40 heavy (non-hydrogen) atoms. The number of fused-ring (bicyclic) bond motifs is 1. The second-order valence-corrected chi connectivity index (χ2v) is 9.12. The minimum absolute atomic E-state index is 0.00358. The van der Waals surface area contributed by atoms with Crippen LogP contribution in [-0.2, 0) is 12.7 Å². The Balaban J connectivity index is 1.30. The molecule has 5 rings (SSSR count). The summed E-state index contributed by atoms with van der Waals surface area (Å²) >= 11 is 0. The first kappa shape index (κ1) is 26.7. The van der Waals surface area contributed by atoms with Crippen LogP contribution in [0.25, 0.3) is 5.65 Å². The third-order valence-corrected chi connectivity index (χ3v) is 6.44. The highest BCUT2D eigenvalue weighted by Gasteiger charge is 2.34. The fourth-order valence-electron chi connectivity index (χ4n) is 4.38. The minimum Gasteiger partial charge on any atom is -0.530 e. The summed E-state index contributed by atoms with van der Waals surface area (Å²) in [5.74, 6) is 5.34. The number of imidazole rings is 1. The van der Waals surface area contributed by atoms with Gasteiger partial charge >= 0.3 is 6.18 Å². The molecule has 204 valence electrons. The van der Waals surface area contributed by atoms with Gasteiger partial charge in [-0.05, 0) is 53.9 Å². The Kier molecular flexibility index (Phi) is 7.39. The number of nitrogens with one attached hydrogen (secondary N) is 1. The van der Waals surface area contributed by atoms with Gasteiger partial charge < -0.3 is 20.1 Å². The van der Waals surface area contributed by atoms with Crippen LogP contribution < -0.4 is 10.4 Å². The number of alkyl halides is 3. The quantitative estimate of drug-likeness (QED) is 0.394. The van der Waals surface area contributed by atoms with E-state index in [0.717, 1.165) is 11.0 Å². The van der Waals surface area contributed by atoms with E-state index in [1.54, 1.807) is 58.2 Å². The van der Waals surface area contributed by atoms with Crippen molar-refractivity contribution in [2.45, 2.75) is 12.7 Å². The summed E-state index contributed by atoms with van der Waals surface area (Å²) in [5.41, 5.74) is 1.13. The van der Waals surface area contributed by atoms with Crippen molar-refractivity contribution in [1.82, 2.24) is 24.4 Å². The molecule has 1 aliphatic rings. The van der Waals surface area contributed by atoms with Gasteiger partial charge in [0.1, 0.15) is 11.8 Å². The van der Waals surface area contributed by atoms with Crippen molar-refractivity contribution in [3.8, 4) is 11.8 Å². The number of halogens is 3. The lowest BCUT2D eigenvalue weighted by atomic mass is 10.0. The molecule has 1 N–H and O–H groups in total. The number of carbonyl (C=O) groups excluding carboxylic acids is 2. The number of aromatic nitrogens is 3. The number of rotatable bonds is 4. The molecule has 4 aromatic rings. The number of carbonyl (C=O) groups is 2. The average molecular weight is 548 g/mol. The first-order valence-electron chi connectivity index (χ1n) is 12.3. The molecule has 9 nitrogen and oxygen atoms in total. The summed E-state index contributed by atoms with van der Waals surface area (Å²) in [6, 6.07) is 13.6. The van der Waals surface area contributed by atoms with Gasteiger partial charge in [-0.15, -0.1) is 0 Å². The first-order chi connectivity index (χ1) is 19.2. The molecule has 1 saturated heterocycles. The predicted octanol–water partition coefficient (Wildman–Crippen LogP) is 2.86. The van der Waals surface area contributed by atoms with Crippen LogP contribution >= 0.6 is 0 Å². The highest BCUT2D eigenvalue weighted by Crippen LogP contribution is 2.34. The fraction of sp³-hybridized carbons (Fsp3) is 0.214. The molecular formula is C28H22F3N6O3-. The summed E-state index contributed by atoms with van der Waals surface area (Å²) in [6.45, 7) is 0.897. The van der Waals surface area contributed by atoms with Crippen LogP contribution in [0.4, 0.5) is 23.7 Å². The standard InChI is InChI=1S/C28H23F3N6O3/c29-28(30,31)24-16-22(8-7-21(24)18-35-11-13-36(14-12-35)27(39)40)34-26(38)20-4-1-3-19(15-20)6-9-23-17-32-25-5-2-10-33-37(23)25/h1-5,7-8,10,15-17H,11-14,18H2,(H,34,38)(H,39,40)/p-1. The lowest BCUT2D eigenvalue weighted by Crippen LogP contribution is -2.52. The maximum absolute atomic E-state index is 13.9. The van der Waals surface area contributed by atoms with Gasteiger partial charge in [0.25, 0.3) is 5.91 Å². The Morgan fingerprint density at radius 3 is 2.55 bits per heavy atom. The maximum Gasteiger partial charge on any atom is 0.416 e. The van der Waals surface area contributed by atoms with E-state index in [2.05, 4.69) is 27.2 Å². The second kappa shape index (κ2) is 11.1. The lowest BCUT2D eigenvalue weighted by Gasteiger charge is -2.36. The molecule has 0 saturated carbocycles. The molecule has 0 aliphatic carbocycles. The van der Waals surface area contributed by atoms with Gasteiger partial charge in [0, 0.05) is 55.7 Å². The van der Waals surface area contributed by atoms with Gasteiger partial charge in [0.2, 0.25) is 0 Å². The molecule has 2 amide bonds. The van der Waals surface area contributed by atoms with E-state index in [4.69, 9.17) is 0 Å². The highest BCUT2D eigenvalue weighted by molar-refractivity contribution is 6.04. The second-order valence-electron chi connectivity index (χ2n) is 9.12. The molecular weight excluding hydrogens is 525 g/mol. The zero-order valence-electron chi connectivity index (χ0n) is 21.0. The number of amides is 2. The number of piperazine rings is 1. The van der Waals surface area contributed by atoms with Crippen molar-refractivity contribution >= 4 is 23.3 Å². The van der Waals surface area contributed by atoms with E-state index >= 15 is 0 Å². The van der Waals surface area contributed by atoms with Crippen molar-refractivity contribution in [2.24, 2.45) is 0 Å². The maximum atomic E-state index is 13.9. The SMILES string of the molecule is O=C(Nc1ccc(CN2CCN(C(=O)[O-])CC2)c(C(F)(F)F)c1)c1cccc(C#Cc2cnc3cccnn23)c1. The molecule has 2 aromatic carbocycles. The summed E-state index contributed by atoms with van der Waals surface area (Å²) in [7, 11) is 0. The normalized spacial score (nSPS) is 14.0. The van der Waals surface area contributed by atoms with E-state index in [-0.39, 0.29) is 49.5 Å². The van der Waals surface area contributed by atoms with Crippen molar-refractivity contribution in [1.29, 1.82) is 0 Å². The Morgan fingerprint density at radius 2 is 1.80 bits per heavy atom. The van der Waals surface area contributed by atoms with E-state index < -0.39 is 23.7 Å². The molecule has 2 aromatic heterocycles. The Hall–Kier alpha value is -4.89. The number of hydrogen-bond acceptors (Lipinski definition) is 6. The number of benzene rings is 2. The van der Waals surface area contributed by atoms with Crippen LogP contribution in [0.5, 0.6) is 0 Å². The minimum atomic E-state index is -4.65. The monoisotopic (exact) mass is 547 g/mol. The summed E-state index contributed by atoms with van der Waals surface area (Å²) in [5, 5.41) is 17.7. The number of carboxylic acid groups (broad SMARTS) is 1. The van der Waals surface area contributed by atoms with Gasteiger partial charge in [-0.25, -0.2) is 9.50 Å². The zero-order valence-corrected chi connectivity index (χ0v) is 21.0. The third-order valence-electron chi connectivity index (χ3n) is 6.44. The van der Waals surface area contributed by atoms with E-state index in [0.29, 0.717) is 16.9 Å². The van der Waals surface area contributed by atoms with Crippen molar-refractivity contribution < 1.29 is 27.9 Å². The smallest absolute Gasteiger partial charge is 0.416 e. The van der Waals surface area contributed by atoms with Crippen LogP contribution in [0.3, 0.4) is 0 Å². The van der Waals surface area contributed by atoms with Crippen LogP contribution in [0, 0.1) is 11.8 Å². The fourth-order valence-corrected chi connectivity index (χ4v) is 4.38. The Labute approximate surface area is 226 Å². The molecule has 1 aliphatic heterocycles. The van der Waals surface area contributed by atoms with E-state index in [1.807, 2.05) is 0 Å². The van der Waals surface area contributed by atoms with E-state index in [1.165, 1.54) is 12.1 Å². The zero-order chi connectivity index (χ0) is 28.3. The Bertz CT molecular complexity index is 1630. The van der Waals surface area contributed by atoms with Gasteiger partial charge in [-0.1, -0.05) is 18.1 Å². The lowest BCUT2D eigenvalue weighted by molar-refractivity contribution is -0.266. The van der Waals surface area contributed by atoms with Crippen LogP contribution in [-0.4, -0.2) is 62.6 Å². The molecule has 0 radical (unpaired) electrons. The van der Waals surface area contributed by atoms with Crippen LogP contribution in [0.2, 0.25) is 0 Å². The average Bonchev–Trinajstić information content (AvgIpc) is 3.36. The molecule has 0 unspecified atom stereocenters. The van der Waals surface area contributed by atoms with Crippen LogP contribution in [0.15, 0.2) is 67.0 Å². The summed E-state index contributed by atoms with van der Waals surface area (Å²) in [6.07, 6.45) is -2.74.